The summed E-state index contributed by atoms with van der Waals surface area (Å²) in [6.45, 7) is 10.7. The van der Waals surface area contributed by atoms with E-state index in [1.807, 2.05) is 43.9 Å². The second kappa shape index (κ2) is 9.35. The van der Waals surface area contributed by atoms with Crippen LogP contribution in [-0.2, 0) is 20.8 Å². The molecule has 0 aromatic heterocycles. The summed E-state index contributed by atoms with van der Waals surface area (Å²) in [4.78, 5) is 16.8. The van der Waals surface area contributed by atoms with Crippen LogP contribution in [0.4, 0.5) is 4.79 Å². The SMILES string of the molecule is COCOC[C@H]1CN(C(=O)OC(C)(C)C)[C@H](C)CN1Cc1ccccc1. The largest absolute Gasteiger partial charge is 0.444 e. The summed E-state index contributed by atoms with van der Waals surface area (Å²) in [7, 11) is 1.61. The summed E-state index contributed by atoms with van der Waals surface area (Å²) in [5, 5.41) is 0. The molecule has 2 atom stereocenters. The number of piperazine rings is 1. The smallest absolute Gasteiger partial charge is 0.410 e. The Labute approximate surface area is 157 Å². The maximum Gasteiger partial charge on any atom is 0.410 e. The third-order valence-corrected chi connectivity index (χ3v) is 4.32. The minimum Gasteiger partial charge on any atom is -0.444 e. The van der Waals surface area contributed by atoms with Crippen LogP contribution in [0.2, 0.25) is 0 Å². The lowest BCUT2D eigenvalue weighted by Gasteiger charge is -2.45. The summed E-state index contributed by atoms with van der Waals surface area (Å²) in [5.41, 5.74) is 0.752. The van der Waals surface area contributed by atoms with Crippen molar-refractivity contribution in [3.63, 3.8) is 0 Å². The fourth-order valence-corrected chi connectivity index (χ4v) is 3.12. The van der Waals surface area contributed by atoms with Gasteiger partial charge >= 0.3 is 6.09 Å². The van der Waals surface area contributed by atoms with Crippen molar-refractivity contribution in [2.24, 2.45) is 0 Å². The van der Waals surface area contributed by atoms with Crippen molar-refractivity contribution in [1.29, 1.82) is 0 Å². The molecule has 6 nitrogen and oxygen atoms in total. The first kappa shape index (κ1) is 20.7. The van der Waals surface area contributed by atoms with Gasteiger partial charge in [-0.15, -0.1) is 0 Å². The monoisotopic (exact) mass is 364 g/mol. The number of carbonyl (C=O) groups is 1. The first-order valence-electron chi connectivity index (χ1n) is 9.14. The Morgan fingerprint density at radius 3 is 2.50 bits per heavy atom. The Bertz CT molecular complexity index is 559. The number of methoxy groups -OCH3 is 1. The standard InChI is InChI=1S/C20H32N2O4/c1-16-11-21(12-17-9-7-6-8-10-17)18(14-25-15-24-5)13-22(16)19(23)26-20(2,3)4/h6-10,16,18H,11-15H2,1-5H3/t16-,18-/m1/s1. The molecule has 1 amide bonds. The predicted octanol–water partition coefficient (Wildman–Crippen LogP) is 3.12. The Morgan fingerprint density at radius 2 is 1.88 bits per heavy atom. The number of ether oxygens (including phenoxy) is 3. The van der Waals surface area contributed by atoms with E-state index in [-0.39, 0.29) is 25.0 Å². The second-order valence-corrected chi connectivity index (χ2v) is 7.83. The van der Waals surface area contributed by atoms with Gasteiger partial charge in [0.05, 0.1) is 12.6 Å². The topological polar surface area (TPSA) is 51.2 Å². The molecule has 1 aromatic carbocycles. The molecule has 0 saturated carbocycles. The summed E-state index contributed by atoms with van der Waals surface area (Å²) >= 11 is 0. The minimum atomic E-state index is -0.500. The average molecular weight is 364 g/mol. The number of rotatable bonds is 6. The van der Waals surface area contributed by atoms with E-state index in [1.165, 1.54) is 5.56 Å². The van der Waals surface area contributed by atoms with Crippen LogP contribution in [-0.4, -0.2) is 67.2 Å². The molecule has 1 aliphatic heterocycles. The van der Waals surface area contributed by atoms with Crippen molar-refractivity contribution in [2.75, 3.05) is 33.6 Å². The van der Waals surface area contributed by atoms with Crippen molar-refractivity contribution in [3.8, 4) is 0 Å². The maximum atomic E-state index is 12.6. The number of hydrogen-bond donors (Lipinski definition) is 0. The van der Waals surface area contributed by atoms with Crippen molar-refractivity contribution >= 4 is 6.09 Å². The van der Waals surface area contributed by atoms with Crippen molar-refractivity contribution in [3.05, 3.63) is 35.9 Å². The van der Waals surface area contributed by atoms with Crippen LogP contribution in [0.15, 0.2) is 30.3 Å². The highest BCUT2D eigenvalue weighted by molar-refractivity contribution is 5.68. The molecule has 0 aliphatic carbocycles. The fraction of sp³-hybridized carbons (Fsp3) is 0.650. The predicted molar refractivity (Wildman–Crippen MR) is 101 cm³/mol. The van der Waals surface area contributed by atoms with Crippen LogP contribution in [0.1, 0.15) is 33.3 Å². The summed E-state index contributed by atoms with van der Waals surface area (Å²) < 4.78 is 16.2. The summed E-state index contributed by atoms with van der Waals surface area (Å²) in [6.07, 6.45) is -0.263. The minimum absolute atomic E-state index is 0.0761. The molecule has 0 N–H and O–H groups in total. The van der Waals surface area contributed by atoms with Gasteiger partial charge in [-0.05, 0) is 33.3 Å². The van der Waals surface area contributed by atoms with Gasteiger partial charge in [0.1, 0.15) is 12.4 Å². The number of amides is 1. The highest BCUT2D eigenvalue weighted by atomic mass is 16.7. The first-order valence-corrected chi connectivity index (χ1v) is 9.14. The van der Waals surface area contributed by atoms with E-state index in [0.717, 1.165) is 13.1 Å². The van der Waals surface area contributed by atoms with Gasteiger partial charge in [-0.1, -0.05) is 30.3 Å². The third-order valence-electron chi connectivity index (χ3n) is 4.32. The molecule has 26 heavy (non-hydrogen) atoms. The van der Waals surface area contributed by atoms with E-state index in [0.29, 0.717) is 13.2 Å². The van der Waals surface area contributed by atoms with E-state index in [1.54, 1.807) is 7.11 Å². The van der Waals surface area contributed by atoms with Crippen LogP contribution in [0, 0.1) is 0 Å². The molecule has 0 unspecified atom stereocenters. The normalized spacial score (nSPS) is 21.7. The lowest BCUT2D eigenvalue weighted by Crippen LogP contribution is -2.60. The van der Waals surface area contributed by atoms with Gasteiger partial charge in [-0.2, -0.15) is 0 Å². The number of benzene rings is 1. The molecular weight excluding hydrogens is 332 g/mol. The number of hydrogen-bond acceptors (Lipinski definition) is 5. The first-order chi connectivity index (χ1) is 12.3. The molecule has 146 valence electrons. The molecule has 2 rings (SSSR count). The molecule has 0 spiro atoms. The number of carbonyl (C=O) groups excluding carboxylic acids is 1. The lowest BCUT2D eigenvalue weighted by molar-refractivity contribution is -0.0742. The van der Waals surface area contributed by atoms with Gasteiger partial charge in [0.2, 0.25) is 0 Å². The Balaban J connectivity index is 2.07. The van der Waals surface area contributed by atoms with Crippen LogP contribution in [0.5, 0.6) is 0 Å². The van der Waals surface area contributed by atoms with Crippen molar-refractivity contribution in [1.82, 2.24) is 9.80 Å². The van der Waals surface area contributed by atoms with E-state index in [2.05, 4.69) is 24.0 Å². The summed E-state index contributed by atoms with van der Waals surface area (Å²) in [6, 6.07) is 10.5. The molecule has 6 heteroatoms. The molecule has 1 fully saturated rings. The maximum absolute atomic E-state index is 12.6. The molecule has 1 aliphatic rings. The molecular formula is C20H32N2O4. The van der Waals surface area contributed by atoms with Crippen LogP contribution >= 0.6 is 0 Å². The van der Waals surface area contributed by atoms with Gasteiger partial charge < -0.3 is 19.1 Å². The van der Waals surface area contributed by atoms with Gasteiger partial charge in [0.15, 0.2) is 0 Å². The molecule has 1 saturated heterocycles. The van der Waals surface area contributed by atoms with Crippen molar-refractivity contribution < 1.29 is 19.0 Å². The zero-order valence-corrected chi connectivity index (χ0v) is 16.6. The van der Waals surface area contributed by atoms with Gasteiger partial charge in [0, 0.05) is 32.8 Å². The second-order valence-electron chi connectivity index (χ2n) is 7.83. The number of nitrogens with zero attached hydrogens (tertiary/aromatic N) is 2. The fourth-order valence-electron chi connectivity index (χ4n) is 3.12. The molecule has 0 bridgehead atoms. The van der Waals surface area contributed by atoms with Crippen LogP contribution < -0.4 is 0 Å². The zero-order valence-electron chi connectivity index (χ0n) is 16.6. The Morgan fingerprint density at radius 1 is 1.19 bits per heavy atom. The quantitative estimate of drug-likeness (QED) is 0.573. The highest BCUT2D eigenvalue weighted by Gasteiger charge is 2.36. The molecule has 0 radical (unpaired) electrons. The lowest BCUT2D eigenvalue weighted by atomic mass is 10.1. The van der Waals surface area contributed by atoms with E-state index in [4.69, 9.17) is 14.2 Å². The zero-order chi connectivity index (χ0) is 19.2. The molecule has 1 aromatic rings. The highest BCUT2D eigenvalue weighted by Crippen LogP contribution is 2.21. The van der Waals surface area contributed by atoms with E-state index in [9.17, 15) is 4.79 Å². The van der Waals surface area contributed by atoms with E-state index >= 15 is 0 Å². The van der Waals surface area contributed by atoms with Gasteiger partial charge in [-0.3, -0.25) is 4.90 Å². The van der Waals surface area contributed by atoms with Gasteiger partial charge in [0.25, 0.3) is 0 Å². The Kier molecular flexibility index (Phi) is 7.43. The third kappa shape index (κ3) is 6.27. The van der Waals surface area contributed by atoms with E-state index < -0.39 is 5.60 Å². The Hall–Kier alpha value is -1.63. The summed E-state index contributed by atoms with van der Waals surface area (Å²) in [5.74, 6) is 0. The van der Waals surface area contributed by atoms with Gasteiger partial charge in [-0.25, -0.2) is 4.79 Å². The average Bonchev–Trinajstić information content (AvgIpc) is 2.56. The molecule has 1 heterocycles. The van der Waals surface area contributed by atoms with Crippen molar-refractivity contribution in [2.45, 2.75) is 51.9 Å². The van der Waals surface area contributed by atoms with Crippen LogP contribution in [0.3, 0.4) is 0 Å². The van der Waals surface area contributed by atoms with Crippen LogP contribution in [0.25, 0.3) is 0 Å².